The van der Waals surface area contributed by atoms with E-state index < -0.39 is 0 Å². The lowest BCUT2D eigenvalue weighted by Gasteiger charge is -2.41. The molecule has 0 aromatic carbocycles. The second kappa shape index (κ2) is 6.60. The van der Waals surface area contributed by atoms with E-state index >= 15 is 0 Å². The summed E-state index contributed by atoms with van der Waals surface area (Å²) in [4.78, 5) is 19.7. The molecule has 2 rings (SSSR count). The van der Waals surface area contributed by atoms with Crippen LogP contribution < -0.4 is 10.1 Å². The Morgan fingerprint density at radius 2 is 1.95 bits per heavy atom. The molecule has 0 aliphatic carbocycles. The van der Waals surface area contributed by atoms with Crippen molar-refractivity contribution in [2.24, 2.45) is 5.41 Å². The highest BCUT2D eigenvalue weighted by molar-refractivity contribution is 5.73. The Balaban J connectivity index is 2.18. The van der Waals surface area contributed by atoms with Crippen LogP contribution in [0.5, 0.6) is 6.01 Å². The van der Waals surface area contributed by atoms with Gasteiger partial charge in [0.25, 0.3) is 0 Å². The summed E-state index contributed by atoms with van der Waals surface area (Å²) in [6, 6.07) is 0.438. The maximum absolute atomic E-state index is 11.4. The minimum atomic E-state index is -0.124. The van der Waals surface area contributed by atoms with Crippen LogP contribution in [0.1, 0.15) is 52.2 Å². The Bertz CT molecular complexity index is 510. The van der Waals surface area contributed by atoms with Gasteiger partial charge in [-0.15, -0.1) is 0 Å². The molecular formula is C16H25N3O3. The number of nitrogens with one attached hydrogen (secondary N) is 1. The van der Waals surface area contributed by atoms with Crippen molar-refractivity contribution >= 4 is 5.91 Å². The Morgan fingerprint density at radius 1 is 1.32 bits per heavy atom. The van der Waals surface area contributed by atoms with Crippen LogP contribution in [0, 0.1) is 5.41 Å². The van der Waals surface area contributed by atoms with Crippen molar-refractivity contribution in [1.29, 1.82) is 0 Å². The summed E-state index contributed by atoms with van der Waals surface area (Å²) in [5.41, 5.74) is 0.910. The normalized spacial score (nSPS) is 25.6. The molecule has 0 bridgehead atoms. The third-order valence-corrected chi connectivity index (χ3v) is 3.90. The summed E-state index contributed by atoms with van der Waals surface area (Å²) in [5.74, 6) is -0.00992. The van der Waals surface area contributed by atoms with Crippen molar-refractivity contribution in [3.8, 4) is 6.01 Å². The second-order valence-electron chi connectivity index (χ2n) is 6.85. The van der Waals surface area contributed by atoms with Crippen molar-refractivity contribution < 1.29 is 14.3 Å². The molecule has 1 aromatic rings. The van der Waals surface area contributed by atoms with E-state index in [2.05, 4.69) is 36.1 Å². The largest absolute Gasteiger partial charge is 0.467 e. The average Bonchev–Trinajstić information content (AvgIpc) is 2.45. The van der Waals surface area contributed by atoms with Crippen molar-refractivity contribution in [3.63, 3.8) is 0 Å². The first-order valence-corrected chi connectivity index (χ1v) is 7.58. The van der Waals surface area contributed by atoms with Crippen molar-refractivity contribution in [1.82, 2.24) is 15.3 Å². The summed E-state index contributed by atoms with van der Waals surface area (Å²) in [6.45, 7) is 7.99. The number of rotatable bonds is 3. The van der Waals surface area contributed by atoms with Crippen molar-refractivity contribution in [2.45, 2.75) is 58.8 Å². The summed E-state index contributed by atoms with van der Waals surface area (Å²) >= 11 is 0. The average molecular weight is 307 g/mol. The van der Waals surface area contributed by atoms with E-state index in [1.807, 2.05) is 0 Å². The molecule has 0 spiro atoms. The van der Waals surface area contributed by atoms with E-state index in [4.69, 9.17) is 9.47 Å². The highest BCUT2D eigenvalue weighted by Crippen LogP contribution is 2.38. The van der Waals surface area contributed by atoms with Crippen LogP contribution in [0.3, 0.4) is 0 Å². The monoisotopic (exact) mass is 307 g/mol. The van der Waals surface area contributed by atoms with Crippen LogP contribution in [0.15, 0.2) is 12.4 Å². The van der Waals surface area contributed by atoms with E-state index in [0.717, 1.165) is 18.4 Å². The number of nitrogens with zero attached hydrogens (tertiary/aromatic N) is 2. The van der Waals surface area contributed by atoms with Crippen LogP contribution in [-0.2, 0) is 9.53 Å². The summed E-state index contributed by atoms with van der Waals surface area (Å²) < 4.78 is 11.2. The van der Waals surface area contributed by atoms with Gasteiger partial charge in [-0.05, 0) is 18.3 Å². The van der Waals surface area contributed by atoms with E-state index in [9.17, 15) is 4.79 Å². The molecule has 122 valence electrons. The third-order valence-electron chi connectivity index (χ3n) is 3.90. The molecule has 1 N–H and O–H groups in total. The minimum absolute atomic E-state index is 0.00269. The predicted molar refractivity (Wildman–Crippen MR) is 82.5 cm³/mol. The predicted octanol–water partition coefficient (Wildman–Crippen LogP) is 2.26. The zero-order valence-electron chi connectivity index (χ0n) is 13.9. The van der Waals surface area contributed by atoms with Gasteiger partial charge in [0, 0.05) is 30.9 Å². The summed E-state index contributed by atoms with van der Waals surface area (Å²) in [5, 5.41) is 3.02. The van der Waals surface area contributed by atoms with Crippen LogP contribution in [0.2, 0.25) is 0 Å². The van der Waals surface area contributed by atoms with Crippen LogP contribution in [-0.4, -0.2) is 35.1 Å². The molecule has 0 unspecified atom stereocenters. The Morgan fingerprint density at radius 3 is 2.45 bits per heavy atom. The first-order chi connectivity index (χ1) is 10.3. The molecular weight excluding hydrogens is 282 g/mol. The number of aromatic nitrogens is 2. The first kappa shape index (κ1) is 16.7. The zero-order valence-corrected chi connectivity index (χ0v) is 13.9. The molecule has 0 saturated carbocycles. The highest BCUT2D eigenvalue weighted by Gasteiger charge is 2.37. The van der Waals surface area contributed by atoms with Gasteiger partial charge in [0.15, 0.2) is 0 Å². The maximum Gasteiger partial charge on any atom is 0.316 e. The minimum Gasteiger partial charge on any atom is -0.467 e. The summed E-state index contributed by atoms with van der Waals surface area (Å²) in [6.07, 6.45) is 4.93. The lowest BCUT2D eigenvalue weighted by Crippen LogP contribution is -2.46. The van der Waals surface area contributed by atoms with Gasteiger partial charge in [-0.25, -0.2) is 9.97 Å². The fourth-order valence-corrected chi connectivity index (χ4v) is 2.70. The molecule has 1 amide bonds. The topological polar surface area (TPSA) is 73.3 Å². The number of amides is 1. The molecule has 6 nitrogen and oxygen atoms in total. The number of methoxy groups -OCH3 is 1. The standard InChI is InChI=1S/C16H25N3O3/c1-10(20)19-12-6-13(22-14(7-12)16(2,3)4)11-8-17-15(21-5)18-9-11/h8-9,12-14H,6-7H2,1-5H3,(H,19,20)/t12-,13-,14+/m0/s1. The Hall–Kier alpha value is -1.69. The smallest absolute Gasteiger partial charge is 0.316 e. The Labute approximate surface area is 131 Å². The molecule has 1 aromatic heterocycles. The molecule has 1 fully saturated rings. The number of hydrogen-bond donors (Lipinski definition) is 1. The van der Waals surface area contributed by atoms with Gasteiger partial charge in [-0.2, -0.15) is 0 Å². The van der Waals surface area contributed by atoms with Crippen LogP contribution in [0.25, 0.3) is 0 Å². The first-order valence-electron chi connectivity index (χ1n) is 7.58. The highest BCUT2D eigenvalue weighted by atomic mass is 16.5. The molecule has 2 heterocycles. The van der Waals surface area contributed by atoms with Crippen molar-refractivity contribution in [2.75, 3.05) is 7.11 Å². The molecule has 1 saturated heterocycles. The number of carbonyl (C=O) groups is 1. The molecule has 1 aliphatic heterocycles. The van der Waals surface area contributed by atoms with Gasteiger partial charge in [0.05, 0.1) is 19.3 Å². The molecule has 3 atom stereocenters. The number of ether oxygens (including phenoxy) is 2. The molecule has 1 aliphatic rings. The van der Waals surface area contributed by atoms with E-state index in [-0.39, 0.29) is 29.6 Å². The van der Waals surface area contributed by atoms with E-state index in [1.54, 1.807) is 19.3 Å². The van der Waals surface area contributed by atoms with Gasteiger partial charge >= 0.3 is 6.01 Å². The maximum atomic E-state index is 11.4. The fraction of sp³-hybridized carbons (Fsp3) is 0.688. The quantitative estimate of drug-likeness (QED) is 0.927. The lowest BCUT2D eigenvalue weighted by molar-refractivity contribution is -0.127. The molecule has 6 heteroatoms. The van der Waals surface area contributed by atoms with Crippen LogP contribution >= 0.6 is 0 Å². The van der Waals surface area contributed by atoms with E-state index in [1.165, 1.54) is 7.11 Å². The molecule has 0 radical (unpaired) electrons. The Kier molecular flexibility index (Phi) is 5.01. The zero-order chi connectivity index (χ0) is 16.3. The number of hydrogen-bond acceptors (Lipinski definition) is 5. The van der Waals surface area contributed by atoms with Crippen molar-refractivity contribution in [3.05, 3.63) is 18.0 Å². The summed E-state index contributed by atoms with van der Waals surface area (Å²) in [7, 11) is 1.54. The SMILES string of the molecule is COc1ncc([C@@H]2C[C@H](NC(C)=O)C[C@H](C(C)(C)C)O2)cn1. The fourth-order valence-electron chi connectivity index (χ4n) is 2.70. The third kappa shape index (κ3) is 4.16. The van der Waals surface area contributed by atoms with E-state index in [0.29, 0.717) is 6.01 Å². The van der Waals surface area contributed by atoms with Crippen LogP contribution in [0.4, 0.5) is 0 Å². The van der Waals surface area contributed by atoms with Gasteiger partial charge in [-0.3, -0.25) is 4.79 Å². The number of carbonyl (C=O) groups excluding carboxylic acids is 1. The molecule has 22 heavy (non-hydrogen) atoms. The van der Waals surface area contributed by atoms with Gasteiger partial charge in [-0.1, -0.05) is 20.8 Å². The second-order valence-corrected chi connectivity index (χ2v) is 6.85. The van der Waals surface area contributed by atoms with Gasteiger partial charge in [0.1, 0.15) is 0 Å². The van der Waals surface area contributed by atoms with Gasteiger partial charge in [0.2, 0.25) is 5.91 Å². The lowest BCUT2D eigenvalue weighted by atomic mass is 9.81. The van der Waals surface area contributed by atoms with Gasteiger partial charge < -0.3 is 14.8 Å².